The summed E-state index contributed by atoms with van der Waals surface area (Å²) in [5.41, 5.74) is 1.84. The van der Waals surface area contributed by atoms with Crippen LogP contribution in [0.15, 0.2) is 64.2 Å². The molecule has 2 heterocycles. The molecule has 0 atom stereocenters. The maximum absolute atomic E-state index is 5.93. The first-order valence-corrected chi connectivity index (χ1v) is 9.80. The number of hydrogen-bond donors (Lipinski definition) is 0. The van der Waals surface area contributed by atoms with Crippen LogP contribution in [0.2, 0.25) is 0 Å². The molecule has 1 aliphatic rings. The highest BCUT2D eigenvalue weighted by molar-refractivity contribution is 7.99. The minimum Gasteiger partial charge on any atom is -0.494 e. The lowest BCUT2D eigenvalue weighted by molar-refractivity contribution is -0.145. The largest absolute Gasteiger partial charge is 0.494 e. The van der Waals surface area contributed by atoms with Crippen molar-refractivity contribution < 1.29 is 18.6 Å². The van der Waals surface area contributed by atoms with Gasteiger partial charge in [-0.05, 0) is 31.2 Å². The van der Waals surface area contributed by atoms with E-state index in [9.17, 15) is 0 Å². The summed E-state index contributed by atoms with van der Waals surface area (Å²) < 4.78 is 23.1. The van der Waals surface area contributed by atoms with Gasteiger partial charge in [-0.3, -0.25) is 0 Å². The summed E-state index contributed by atoms with van der Waals surface area (Å²) >= 11 is 1.42. The SMILES string of the molecule is CCOc1ccc(-c2nnc(SCC3(c4ccccc4)OCCO3)o2)cc1. The number of aromatic nitrogens is 2. The molecule has 0 spiro atoms. The average molecular weight is 384 g/mol. The van der Waals surface area contributed by atoms with Gasteiger partial charge in [-0.15, -0.1) is 10.2 Å². The van der Waals surface area contributed by atoms with Crippen molar-refractivity contribution in [3.05, 3.63) is 60.2 Å². The van der Waals surface area contributed by atoms with E-state index in [1.165, 1.54) is 11.8 Å². The van der Waals surface area contributed by atoms with Crippen LogP contribution in [0.25, 0.3) is 11.5 Å². The maximum Gasteiger partial charge on any atom is 0.277 e. The Hall–Kier alpha value is -2.35. The predicted molar refractivity (Wildman–Crippen MR) is 102 cm³/mol. The molecule has 3 aromatic rings. The highest BCUT2D eigenvalue weighted by atomic mass is 32.2. The van der Waals surface area contributed by atoms with E-state index in [1.54, 1.807) is 0 Å². The van der Waals surface area contributed by atoms with Gasteiger partial charge in [0.1, 0.15) is 5.75 Å². The van der Waals surface area contributed by atoms with Crippen LogP contribution in [0.5, 0.6) is 5.75 Å². The molecule has 0 radical (unpaired) electrons. The Morgan fingerprint density at radius 3 is 2.44 bits per heavy atom. The van der Waals surface area contributed by atoms with Gasteiger partial charge in [-0.1, -0.05) is 42.1 Å². The summed E-state index contributed by atoms with van der Waals surface area (Å²) in [5, 5.41) is 8.76. The molecular weight excluding hydrogens is 364 g/mol. The van der Waals surface area contributed by atoms with E-state index in [0.717, 1.165) is 16.9 Å². The van der Waals surface area contributed by atoms with Gasteiger partial charge in [-0.2, -0.15) is 0 Å². The van der Waals surface area contributed by atoms with Crippen molar-refractivity contribution in [3.8, 4) is 17.2 Å². The van der Waals surface area contributed by atoms with Crippen molar-refractivity contribution in [3.63, 3.8) is 0 Å². The van der Waals surface area contributed by atoms with Gasteiger partial charge in [0.2, 0.25) is 11.7 Å². The van der Waals surface area contributed by atoms with Gasteiger partial charge < -0.3 is 18.6 Å². The van der Waals surface area contributed by atoms with Crippen LogP contribution in [-0.2, 0) is 15.3 Å². The number of rotatable bonds is 7. The van der Waals surface area contributed by atoms with Gasteiger partial charge >= 0.3 is 0 Å². The molecule has 0 N–H and O–H groups in total. The molecule has 140 valence electrons. The Labute approximate surface area is 161 Å². The Morgan fingerprint density at radius 1 is 1.00 bits per heavy atom. The molecule has 1 saturated heterocycles. The van der Waals surface area contributed by atoms with Crippen molar-refractivity contribution in [2.45, 2.75) is 17.9 Å². The third kappa shape index (κ3) is 4.00. The third-order valence-corrected chi connectivity index (χ3v) is 5.11. The van der Waals surface area contributed by atoms with E-state index in [1.807, 2.05) is 61.5 Å². The molecule has 0 unspecified atom stereocenters. The molecule has 1 fully saturated rings. The van der Waals surface area contributed by atoms with Crippen molar-refractivity contribution in [2.75, 3.05) is 25.6 Å². The molecule has 7 heteroatoms. The lowest BCUT2D eigenvalue weighted by Crippen LogP contribution is -2.30. The zero-order valence-corrected chi connectivity index (χ0v) is 15.8. The molecule has 4 rings (SSSR count). The summed E-state index contributed by atoms with van der Waals surface area (Å²) in [6, 6.07) is 17.5. The Morgan fingerprint density at radius 2 is 1.74 bits per heavy atom. The molecule has 2 aromatic carbocycles. The van der Waals surface area contributed by atoms with Crippen molar-refractivity contribution in [2.24, 2.45) is 0 Å². The van der Waals surface area contributed by atoms with E-state index in [2.05, 4.69) is 10.2 Å². The minimum atomic E-state index is -0.778. The average Bonchev–Trinajstić information content (AvgIpc) is 3.39. The second-order valence-electron chi connectivity index (χ2n) is 5.94. The second-order valence-corrected chi connectivity index (χ2v) is 6.86. The number of thioether (sulfide) groups is 1. The van der Waals surface area contributed by atoms with Gasteiger partial charge in [0, 0.05) is 11.1 Å². The minimum absolute atomic E-state index is 0.475. The highest BCUT2D eigenvalue weighted by Crippen LogP contribution is 2.37. The van der Waals surface area contributed by atoms with Gasteiger partial charge in [0.05, 0.1) is 25.6 Å². The first-order valence-electron chi connectivity index (χ1n) is 8.82. The standard InChI is InChI=1S/C20H20N2O4S/c1-2-23-17-10-8-15(9-11-17)18-21-22-19(26-18)27-14-20(24-12-13-25-20)16-6-4-3-5-7-16/h3-11H,2,12-14H2,1H3. The van der Waals surface area contributed by atoms with Crippen LogP contribution >= 0.6 is 11.8 Å². The summed E-state index contributed by atoms with van der Waals surface area (Å²) in [4.78, 5) is 0. The molecule has 0 saturated carbocycles. The van der Waals surface area contributed by atoms with E-state index >= 15 is 0 Å². The van der Waals surface area contributed by atoms with Gasteiger partial charge in [0.25, 0.3) is 5.22 Å². The quantitative estimate of drug-likeness (QED) is 0.568. The van der Waals surface area contributed by atoms with Crippen molar-refractivity contribution >= 4 is 11.8 Å². The molecule has 6 nitrogen and oxygen atoms in total. The summed E-state index contributed by atoms with van der Waals surface area (Å²) in [7, 11) is 0. The maximum atomic E-state index is 5.93. The van der Waals surface area contributed by atoms with Gasteiger partial charge in [-0.25, -0.2) is 0 Å². The lowest BCUT2D eigenvalue weighted by Gasteiger charge is -2.26. The fourth-order valence-electron chi connectivity index (χ4n) is 2.88. The summed E-state index contributed by atoms with van der Waals surface area (Å²) in [6.07, 6.45) is 0. The Kier molecular flexibility index (Phi) is 5.42. The van der Waals surface area contributed by atoms with E-state index in [-0.39, 0.29) is 0 Å². The third-order valence-electron chi connectivity index (χ3n) is 4.17. The Balaban J connectivity index is 1.46. The number of hydrogen-bond acceptors (Lipinski definition) is 7. The fraction of sp³-hybridized carbons (Fsp3) is 0.300. The van der Waals surface area contributed by atoms with E-state index < -0.39 is 5.79 Å². The number of benzene rings is 2. The van der Waals surface area contributed by atoms with E-state index in [4.69, 9.17) is 18.6 Å². The van der Waals surface area contributed by atoms with Crippen LogP contribution < -0.4 is 4.74 Å². The summed E-state index contributed by atoms with van der Waals surface area (Å²) in [5.74, 6) is 1.04. The normalized spacial score (nSPS) is 15.7. The molecule has 0 bridgehead atoms. The predicted octanol–water partition coefficient (Wildman–Crippen LogP) is 4.13. The lowest BCUT2D eigenvalue weighted by atomic mass is 10.1. The van der Waals surface area contributed by atoms with Crippen LogP contribution in [0, 0.1) is 0 Å². The smallest absolute Gasteiger partial charge is 0.277 e. The fourth-order valence-corrected chi connectivity index (χ4v) is 3.77. The van der Waals surface area contributed by atoms with Crippen LogP contribution in [0.4, 0.5) is 0 Å². The van der Waals surface area contributed by atoms with Crippen molar-refractivity contribution in [1.29, 1.82) is 0 Å². The van der Waals surface area contributed by atoms with Crippen LogP contribution in [-0.4, -0.2) is 35.8 Å². The first-order chi connectivity index (χ1) is 13.3. The second kappa shape index (κ2) is 8.12. The molecular formula is C20H20N2O4S. The molecule has 27 heavy (non-hydrogen) atoms. The molecule has 1 aromatic heterocycles. The zero-order chi connectivity index (χ0) is 18.5. The topological polar surface area (TPSA) is 66.6 Å². The monoisotopic (exact) mass is 384 g/mol. The van der Waals surface area contributed by atoms with E-state index in [0.29, 0.717) is 36.7 Å². The number of ether oxygens (including phenoxy) is 3. The highest BCUT2D eigenvalue weighted by Gasteiger charge is 2.39. The van der Waals surface area contributed by atoms with Gasteiger partial charge in [0.15, 0.2) is 0 Å². The van der Waals surface area contributed by atoms with Crippen LogP contribution in [0.3, 0.4) is 0 Å². The Bertz CT molecular complexity index is 861. The molecule has 1 aliphatic heterocycles. The molecule has 0 amide bonds. The van der Waals surface area contributed by atoms with Crippen LogP contribution in [0.1, 0.15) is 12.5 Å². The number of nitrogens with zero attached hydrogens (tertiary/aromatic N) is 2. The zero-order valence-electron chi connectivity index (χ0n) is 15.0. The van der Waals surface area contributed by atoms with Crippen molar-refractivity contribution in [1.82, 2.24) is 10.2 Å². The summed E-state index contributed by atoms with van der Waals surface area (Å²) in [6.45, 7) is 3.72. The first kappa shape index (κ1) is 18.0. The molecule has 0 aliphatic carbocycles.